The molecule has 2 rings (SSSR count). The summed E-state index contributed by atoms with van der Waals surface area (Å²) in [5.41, 5.74) is 0.741. The lowest BCUT2D eigenvalue weighted by Crippen LogP contribution is -2.33. The average Bonchev–Trinajstić information content (AvgIpc) is 2.77. The molecule has 1 heterocycles. The Bertz CT molecular complexity index is 555. The van der Waals surface area contributed by atoms with E-state index in [-0.39, 0.29) is 31.6 Å². The Morgan fingerprint density at radius 3 is 2.70 bits per heavy atom. The summed E-state index contributed by atoms with van der Waals surface area (Å²) in [4.78, 5) is 24.0. The second-order valence-electron chi connectivity index (χ2n) is 4.28. The number of likely N-dealkylation sites (tertiary alicyclic amines) is 1. The fourth-order valence-electron chi connectivity index (χ4n) is 1.93. The van der Waals surface area contributed by atoms with Crippen LogP contribution in [0.1, 0.15) is 18.4 Å². The van der Waals surface area contributed by atoms with Gasteiger partial charge in [-0.3, -0.25) is 14.5 Å². The second kappa shape index (κ2) is 6.73. The molecule has 1 aromatic rings. The van der Waals surface area contributed by atoms with Crippen LogP contribution in [0.3, 0.4) is 0 Å². The summed E-state index contributed by atoms with van der Waals surface area (Å²) in [6, 6.07) is 7.12. The van der Waals surface area contributed by atoms with Gasteiger partial charge < -0.3 is 9.84 Å². The van der Waals surface area contributed by atoms with Gasteiger partial charge in [0.15, 0.2) is 0 Å². The molecule has 20 heavy (non-hydrogen) atoms. The Hall–Kier alpha value is -2.32. The van der Waals surface area contributed by atoms with E-state index in [2.05, 4.69) is 11.8 Å². The molecule has 0 spiro atoms. The van der Waals surface area contributed by atoms with E-state index < -0.39 is 0 Å². The molecule has 0 aliphatic carbocycles. The summed E-state index contributed by atoms with van der Waals surface area (Å²) in [7, 11) is 0. The fourth-order valence-corrected chi connectivity index (χ4v) is 1.93. The van der Waals surface area contributed by atoms with E-state index >= 15 is 0 Å². The van der Waals surface area contributed by atoms with Crippen molar-refractivity contribution in [3.05, 3.63) is 29.8 Å². The Labute approximate surface area is 117 Å². The molecule has 0 radical (unpaired) electrons. The molecule has 1 fully saturated rings. The van der Waals surface area contributed by atoms with Crippen molar-refractivity contribution in [1.82, 2.24) is 4.90 Å². The minimum absolute atomic E-state index is 0.138. The van der Waals surface area contributed by atoms with Gasteiger partial charge in [-0.25, -0.2) is 0 Å². The van der Waals surface area contributed by atoms with Gasteiger partial charge in [-0.1, -0.05) is 17.9 Å². The highest BCUT2D eigenvalue weighted by atomic mass is 16.5. The smallest absolute Gasteiger partial charge is 0.229 e. The summed E-state index contributed by atoms with van der Waals surface area (Å²) in [6.45, 7) is 0.336. The quantitative estimate of drug-likeness (QED) is 0.643. The van der Waals surface area contributed by atoms with Crippen LogP contribution in [0.5, 0.6) is 5.75 Å². The molecular weight excluding hydrogens is 258 g/mol. The van der Waals surface area contributed by atoms with E-state index in [1.165, 1.54) is 4.90 Å². The van der Waals surface area contributed by atoms with Crippen molar-refractivity contribution in [2.45, 2.75) is 12.8 Å². The van der Waals surface area contributed by atoms with Crippen LogP contribution in [0.25, 0.3) is 0 Å². The largest absolute Gasteiger partial charge is 0.492 e. The van der Waals surface area contributed by atoms with Crippen molar-refractivity contribution >= 4 is 11.8 Å². The highest BCUT2D eigenvalue weighted by Crippen LogP contribution is 2.14. The lowest BCUT2D eigenvalue weighted by atomic mass is 10.2. The Morgan fingerprint density at radius 1 is 1.25 bits per heavy atom. The number of imide groups is 1. The molecule has 1 N–H and O–H groups in total. The normalized spacial score (nSPS) is 14.2. The molecule has 0 aromatic heterocycles. The van der Waals surface area contributed by atoms with E-state index in [9.17, 15) is 9.59 Å². The summed E-state index contributed by atoms with van der Waals surface area (Å²) >= 11 is 0. The lowest BCUT2D eigenvalue weighted by Gasteiger charge is -2.14. The third kappa shape index (κ3) is 3.59. The molecule has 0 atom stereocenters. The maximum atomic E-state index is 11.4. The van der Waals surface area contributed by atoms with Gasteiger partial charge in [0.05, 0.1) is 6.54 Å². The SMILES string of the molecule is O=C1CCC(=O)N1CCOc1cccc(C#CCO)c1. The number of carbonyl (C=O) groups excluding carboxylic acids is 2. The van der Waals surface area contributed by atoms with E-state index in [1.807, 2.05) is 6.07 Å². The highest BCUT2D eigenvalue weighted by Gasteiger charge is 2.28. The molecule has 1 aliphatic rings. The molecule has 1 aliphatic heterocycles. The second-order valence-corrected chi connectivity index (χ2v) is 4.28. The van der Waals surface area contributed by atoms with Crippen LogP contribution >= 0.6 is 0 Å². The number of amides is 2. The first kappa shape index (κ1) is 14.1. The molecule has 1 aromatic carbocycles. The Kier molecular flexibility index (Phi) is 4.75. The van der Waals surface area contributed by atoms with Crippen LogP contribution in [0.15, 0.2) is 24.3 Å². The molecule has 0 bridgehead atoms. The first-order valence-electron chi connectivity index (χ1n) is 6.36. The number of hydrogen-bond acceptors (Lipinski definition) is 4. The monoisotopic (exact) mass is 273 g/mol. The van der Waals surface area contributed by atoms with Crippen molar-refractivity contribution in [3.63, 3.8) is 0 Å². The van der Waals surface area contributed by atoms with Crippen molar-refractivity contribution in [1.29, 1.82) is 0 Å². The first-order chi connectivity index (χ1) is 9.70. The minimum Gasteiger partial charge on any atom is -0.492 e. The van der Waals surface area contributed by atoms with Crippen molar-refractivity contribution in [2.24, 2.45) is 0 Å². The third-order valence-corrected chi connectivity index (χ3v) is 2.88. The Morgan fingerprint density at radius 2 is 2.00 bits per heavy atom. The zero-order valence-electron chi connectivity index (χ0n) is 11.0. The molecule has 5 heteroatoms. The minimum atomic E-state index is -0.190. The van der Waals surface area contributed by atoms with Crippen molar-refractivity contribution in [2.75, 3.05) is 19.8 Å². The van der Waals surface area contributed by atoms with Crippen LogP contribution < -0.4 is 4.74 Å². The van der Waals surface area contributed by atoms with Gasteiger partial charge in [0.25, 0.3) is 0 Å². The summed E-state index contributed by atoms with van der Waals surface area (Å²) in [6.07, 6.45) is 0.593. The number of aliphatic hydroxyl groups is 1. The van der Waals surface area contributed by atoms with Gasteiger partial charge in [0, 0.05) is 18.4 Å². The van der Waals surface area contributed by atoms with E-state index in [0.29, 0.717) is 18.6 Å². The van der Waals surface area contributed by atoms with Crippen molar-refractivity contribution < 1.29 is 19.4 Å². The topological polar surface area (TPSA) is 66.8 Å². The van der Waals surface area contributed by atoms with Gasteiger partial charge in [-0.2, -0.15) is 0 Å². The van der Waals surface area contributed by atoms with E-state index in [1.54, 1.807) is 18.2 Å². The third-order valence-electron chi connectivity index (χ3n) is 2.88. The van der Waals surface area contributed by atoms with Crippen LogP contribution in [0, 0.1) is 11.8 Å². The van der Waals surface area contributed by atoms with Crippen LogP contribution in [0.2, 0.25) is 0 Å². The number of carbonyl (C=O) groups is 2. The molecule has 0 saturated carbocycles. The standard InChI is InChI=1S/C15H15NO4/c17-9-2-4-12-3-1-5-13(11-12)20-10-8-16-14(18)6-7-15(16)19/h1,3,5,11,17H,6-10H2. The van der Waals surface area contributed by atoms with Crippen LogP contribution in [0.4, 0.5) is 0 Å². The van der Waals surface area contributed by atoms with E-state index in [0.717, 1.165) is 5.56 Å². The molecule has 2 amide bonds. The highest BCUT2D eigenvalue weighted by molar-refractivity contribution is 6.01. The molecule has 5 nitrogen and oxygen atoms in total. The summed E-state index contributed by atoms with van der Waals surface area (Å²) in [5.74, 6) is 5.68. The zero-order chi connectivity index (χ0) is 14.4. The lowest BCUT2D eigenvalue weighted by molar-refractivity contribution is -0.138. The molecule has 1 saturated heterocycles. The van der Waals surface area contributed by atoms with Gasteiger partial charge in [-0.05, 0) is 18.2 Å². The molecular formula is C15H15NO4. The predicted octanol–water partition coefficient (Wildman–Crippen LogP) is 0.558. The predicted molar refractivity (Wildman–Crippen MR) is 71.9 cm³/mol. The van der Waals surface area contributed by atoms with Gasteiger partial charge in [0.2, 0.25) is 11.8 Å². The number of ether oxygens (including phenoxy) is 1. The van der Waals surface area contributed by atoms with Gasteiger partial charge >= 0.3 is 0 Å². The van der Waals surface area contributed by atoms with E-state index in [4.69, 9.17) is 9.84 Å². The van der Waals surface area contributed by atoms with Gasteiger partial charge in [-0.15, -0.1) is 0 Å². The Balaban J connectivity index is 1.88. The summed E-state index contributed by atoms with van der Waals surface area (Å²) in [5, 5.41) is 8.64. The molecule has 104 valence electrons. The number of rotatable bonds is 4. The maximum Gasteiger partial charge on any atom is 0.229 e. The van der Waals surface area contributed by atoms with Crippen molar-refractivity contribution in [3.8, 4) is 17.6 Å². The number of hydrogen-bond donors (Lipinski definition) is 1. The average molecular weight is 273 g/mol. The van der Waals surface area contributed by atoms with Gasteiger partial charge in [0.1, 0.15) is 19.0 Å². The number of nitrogens with zero attached hydrogens (tertiary/aromatic N) is 1. The van der Waals surface area contributed by atoms with Crippen LogP contribution in [-0.2, 0) is 9.59 Å². The summed E-state index contributed by atoms with van der Waals surface area (Å²) < 4.78 is 5.51. The fraction of sp³-hybridized carbons (Fsp3) is 0.333. The van der Waals surface area contributed by atoms with Crippen LogP contribution in [-0.4, -0.2) is 41.6 Å². The number of aliphatic hydroxyl groups excluding tert-OH is 1. The number of benzene rings is 1. The first-order valence-corrected chi connectivity index (χ1v) is 6.36. The zero-order valence-corrected chi connectivity index (χ0v) is 11.0. The maximum absolute atomic E-state index is 11.4. The molecule has 0 unspecified atom stereocenters.